The lowest BCUT2D eigenvalue weighted by molar-refractivity contribution is -0.142. The smallest absolute Gasteiger partial charge is 0.325 e. The van der Waals surface area contributed by atoms with Crippen molar-refractivity contribution in [3.63, 3.8) is 0 Å². The number of carbonyl (C=O) groups is 4. The van der Waals surface area contributed by atoms with Gasteiger partial charge in [0, 0.05) is 11.3 Å². The fraction of sp³-hybridized carbons (Fsp3) is 0.238. The standard InChI is InChI=1S/C21H20N2O5/c1-13-16-10-15(7-8-17(16)23-21(13)27)18(24)12-28-20(26)11-22-19(25)9-14-5-3-2-4-6-14/h2-8,10,13H,9,11-12H2,1H3,(H,22,25)(H,23,27)/t13-/m0/s1. The summed E-state index contributed by atoms with van der Waals surface area (Å²) in [5, 5.41) is 5.20. The third-order valence-electron chi connectivity index (χ3n) is 4.49. The van der Waals surface area contributed by atoms with Crippen LogP contribution in [-0.4, -0.2) is 36.7 Å². The number of hydrogen-bond acceptors (Lipinski definition) is 5. The molecule has 3 rings (SSSR count). The molecule has 0 fully saturated rings. The fourth-order valence-corrected chi connectivity index (χ4v) is 2.89. The van der Waals surface area contributed by atoms with E-state index in [1.54, 1.807) is 25.1 Å². The number of Topliss-reactive ketones (excluding diaryl/α,β-unsaturated/α-hetero) is 1. The number of carbonyl (C=O) groups excluding carboxylic acids is 4. The van der Waals surface area contributed by atoms with Gasteiger partial charge in [0.25, 0.3) is 0 Å². The van der Waals surface area contributed by atoms with E-state index in [1.807, 2.05) is 30.3 Å². The molecule has 0 saturated heterocycles. The van der Waals surface area contributed by atoms with Gasteiger partial charge >= 0.3 is 5.97 Å². The maximum atomic E-state index is 12.2. The number of ketones is 1. The van der Waals surface area contributed by atoms with Crippen LogP contribution < -0.4 is 10.6 Å². The number of hydrogen-bond donors (Lipinski definition) is 2. The molecule has 1 aliphatic heterocycles. The number of rotatable bonds is 7. The topological polar surface area (TPSA) is 102 Å². The molecule has 7 heteroatoms. The van der Waals surface area contributed by atoms with Crippen molar-refractivity contribution in [2.75, 3.05) is 18.5 Å². The van der Waals surface area contributed by atoms with Crippen molar-refractivity contribution in [2.45, 2.75) is 19.3 Å². The molecule has 1 heterocycles. The second-order valence-electron chi connectivity index (χ2n) is 6.54. The van der Waals surface area contributed by atoms with E-state index in [1.165, 1.54) is 0 Å². The van der Waals surface area contributed by atoms with Crippen molar-refractivity contribution >= 4 is 29.3 Å². The van der Waals surface area contributed by atoms with Gasteiger partial charge in [-0.05, 0) is 36.2 Å². The van der Waals surface area contributed by atoms with Crippen molar-refractivity contribution in [3.8, 4) is 0 Å². The van der Waals surface area contributed by atoms with Crippen molar-refractivity contribution in [1.29, 1.82) is 0 Å². The van der Waals surface area contributed by atoms with Crippen LogP contribution in [-0.2, 0) is 25.5 Å². The van der Waals surface area contributed by atoms with Gasteiger partial charge in [-0.15, -0.1) is 0 Å². The maximum Gasteiger partial charge on any atom is 0.325 e. The molecule has 1 aliphatic rings. The molecular weight excluding hydrogens is 360 g/mol. The van der Waals surface area contributed by atoms with E-state index in [0.717, 1.165) is 11.1 Å². The highest BCUT2D eigenvalue weighted by atomic mass is 16.5. The average Bonchev–Trinajstić information content (AvgIpc) is 2.98. The molecule has 2 aromatic carbocycles. The molecule has 144 valence electrons. The Kier molecular flexibility index (Phi) is 5.84. The third kappa shape index (κ3) is 4.62. The zero-order valence-corrected chi connectivity index (χ0v) is 15.4. The number of benzene rings is 2. The predicted octanol–water partition coefficient (Wildman–Crippen LogP) is 1.83. The number of nitrogens with one attached hydrogen (secondary N) is 2. The zero-order valence-electron chi connectivity index (χ0n) is 15.4. The zero-order chi connectivity index (χ0) is 20.1. The molecule has 0 bridgehead atoms. The number of fused-ring (bicyclic) bond motifs is 1. The third-order valence-corrected chi connectivity index (χ3v) is 4.49. The van der Waals surface area contributed by atoms with E-state index >= 15 is 0 Å². The molecule has 0 radical (unpaired) electrons. The van der Waals surface area contributed by atoms with Gasteiger partial charge in [0.05, 0.1) is 12.3 Å². The normalized spacial score (nSPS) is 14.8. The summed E-state index contributed by atoms with van der Waals surface area (Å²) in [6.07, 6.45) is 0.160. The predicted molar refractivity (Wildman–Crippen MR) is 102 cm³/mol. The molecule has 2 aromatic rings. The second-order valence-corrected chi connectivity index (χ2v) is 6.54. The van der Waals surface area contributed by atoms with Gasteiger partial charge in [-0.3, -0.25) is 19.2 Å². The minimum atomic E-state index is -0.693. The van der Waals surface area contributed by atoms with Crippen LogP contribution in [0.3, 0.4) is 0 Å². The van der Waals surface area contributed by atoms with Crippen LogP contribution in [0.15, 0.2) is 48.5 Å². The summed E-state index contributed by atoms with van der Waals surface area (Å²) in [4.78, 5) is 47.5. The maximum absolute atomic E-state index is 12.2. The summed E-state index contributed by atoms with van der Waals surface area (Å²) in [6.45, 7) is 1.02. The molecule has 0 unspecified atom stereocenters. The number of ether oxygens (including phenoxy) is 1. The van der Waals surface area contributed by atoms with Gasteiger partial charge < -0.3 is 15.4 Å². The monoisotopic (exact) mass is 380 g/mol. The summed E-state index contributed by atoms with van der Waals surface area (Å²) in [6, 6.07) is 14.0. The Labute approximate surface area is 162 Å². The Morgan fingerprint density at radius 2 is 1.86 bits per heavy atom. The highest BCUT2D eigenvalue weighted by Gasteiger charge is 2.27. The fourth-order valence-electron chi connectivity index (χ4n) is 2.89. The van der Waals surface area contributed by atoms with Gasteiger partial charge in [0.2, 0.25) is 11.8 Å². The molecule has 28 heavy (non-hydrogen) atoms. The summed E-state index contributed by atoms with van der Waals surface area (Å²) in [5.74, 6) is -1.82. The van der Waals surface area contributed by atoms with Crippen LogP contribution in [0.2, 0.25) is 0 Å². The first-order valence-corrected chi connectivity index (χ1v) is 8.88. The first kappa shape index (κ1) is 19.3. The van der Waals surface area contributed by atoms with Gasteiger partial charge in [-0.1, -0.05) is 30.3 Å². The van der Waals surface area contributed by atoms with Crippen LogP contribution in [0.1, 0.15) is 34.3 Å². The van der Waals surface area contributed by atoms with Crippen molar-refractivity contribution in [1.82, 2.24) is 5.32 Å². The molecule has 0 saturated carbocycles. The van der Waals surface area contributed by atoms with E-state index in [9.17, 15) is 19.2 Å². The summed E-state index contributed by atoms with van der Waals surface area (Å²) in [7, 11) is 0. The first-order chi connectivity index (χ1) is 13.4. The highest BCUT2D eigenvalue weighted by Crippen LogP contribution is 2.32. The van der Waals surface area contributed by atoms with E-state index in [0.29, 0.717) is 11.3 Å². The first-order valence-electron chi connectivity index (χ1n) is 8.88. The lowest BCUT2D eigenvalue weighted by atomic mass is 9.99. The number of anilines is 1. The number of amides is 2. The molecule has 2 N–H and O–H groups in total. The minimum absolute atomic E-state index is 0.114. The van der Waals surface area contributed by atoms with E-state index in [4.69, 9.17) is 4.74 Å². The van der Waals surface area contributed by atoms with Crippen LogP contribution >= 0.6 is 0 Å². The Hall–Kier alpha value is -3.48. The van der Waals surface area contributed by atoms with Gasteiger partial charge in [-0.25, -0.2) is 0 Å². The summed E-state index contributed by atoms with van der Waals surface area (Å²) >= 11 is 0. The van der Waals surface area contributed by atoms with Gasteiger partial charge in [0.15, 0.2) is 12.4 Å². The van der Waals surface area contributed by atoms with Gasteiger partial charge in [-0.2, -0.15) is 0 Å². The van der Waals surface area contributed by atoms with Crippen LogP contribution in [0.4, 0.5) is 5.69 Å². The Balaban J connectivity index is 1.45. The Bertz CT molecular complexity index is 924. The van der Waals surface area contributed by atoms with Crippen LogP contribution in [0.5, 0.6) is 0 Å². The SMILES string of the molecule is C[C@@H]1C(=O)Nc2ccc(C(=O)COC(=O)CNC(=O)Cc3ccccc3)cc21. The molecule has 0 aliphatic carbocycles. The van der Waals surface area contributed by atoms with Crippen molar-refractivity contribution in [3.05, 3.63) is 65.2 Å². The molecule has 1 atom stereocenters. The van der Waals surface area contributed by atoms with Crippen molar-refractivity contribution < 1.29 is 23.9 Å². The number of esters is 1. The Morgan fingerprint density at radius 3 is 2.61 bits per heavy atom. The quantitative estimate of drug-likeness (QED) is 0.564. The second kappa shape index (κ2) is 8.47. The molecular formula is C21H20N2O5. The van der Waals surface area contributed by atoms with Crippen LogP contribution in [0, 0.1) is 0 Å². The highest BCUT2D eigenvalue weighted by molar-refractivity contribution is 6.05. The minimum Gasteiger partial charge on any atom is -0.456 e. The molecule has 0 aromatic heterocycles. The van der Waals surface area contributed by atoms with E-state index in [-0.39, 0.29) is 36.5 Å². The molecule has 2 amide bonds. The van der Waals surface area contributed by atoms with Gasteiger partial charge in [0.1, 0.15) is 6.54 Å². The lowest BCUT2D eigenvalue weighted by Crippen LogP contribution is -2.32. The van der Waals surface area contributed by atoms with E-state index in [2.05, 4.69) is 10.6 Å². The van der Waals surface area contributed by atoms with Crippen molar-refractivity contribution in [2.24, 2.45) is 0 Å². The summed E-state index contributed by atoms with van der Waals surface area (Å²) < 4.78 is 4.94. The van der Waals surface area contributed by atoms with Crippen LogP contribution in [0.25, 0.3) is 0 Å². The Morgan fingerprint density at radius 1 is 1.11 bits per heavy atom. The van der Waals surface area contributed by atoms with E-state index < -0.39 is 12.6 Å². The largest absolute Gasteiger partial charge is 0.456 e. The molecule has 0 spiro atoms. The summed E-state index contributed by atoms with van der Waals surface area (Å²) in [5.41, 5.74) is 2.63. The molecule has 7 nitrogen and oxygen atoms in total. The lowest BCUT2D eigenvalue weighted by Gasteiger charge is -2.08. The average molecular weight is 380 g/mol.